The number of ether oxygens (including phenoxy) is 2. The topological polar surface area (TPSA) is 60.0 Å². The van der Waals surface area contributed by atoms with Crippen molar-refractivity contribution in [1.29, 1.82) is 0 Å². The van der Waals surface area contributed by atoms with Gasteiger partial charge in [0.15, 0.2) is 0 Å². The number of hydrogen-bond acceptors (Lipinski definition) is 4. The molecule has 2 aromatic heterocycles. The Balaban J connectivity index is 1.52. The van der Waals surface area contributed by atoms with Gasteiger partial charge in [0.25, 0.3) is 0 Å². The van der Waals surface area contributed by atoms with Crippen LogP contribution in [0.4, 0.5) is 13.2 Å². The van der Waals surface area contributed by atoms with Crippen LogP contribution in [0.2, 0.25) is 0 Å². The van der Waals surface area contributed by atoms with E-state index in [2.05, 4.69) is 30.9 Å². The lowest BCUT2D eigenvalue weighted by molar-refractivity contribution is -0.0387. The molecular formula is C23H23BrF3N3O2. The van der Waals surface area contributed by atoms with Gasteiger partial charge in [-0.3, -0.25) is 4.98 Å². The third kappa shape index (κ3) is 4.92. The Morgan fingerprint density at radius 3 is 2.66 bits per heavy atom. The number of halogens is 4. The van der Waals surface area contributed by atoms with Gasteiger partial charge in [-0.2, -0.15) is 0 Å². The number of aryl methyl sites for hydroxylation is 1. The zero-order valence-electron chi connectivity index (χ0n) is 17.7. The fraction of sp³-hybridized carbons (Fsp3) is 0.391. The first-order chi connectivity index (χ1) is 15.3. The van der Waals surface area contributed by atoms with Crippen LogP contribution in [0, 0.1) is 12.7 Å². The largest absolute Gasteiger partial charge is 0.496 e. The van der Waals surface area contributed by atoms with Gasteiger partial charge in [-0.1, -0.05) is 0 Å². The lowest BCUT2D eigenvalue weighted by atomic mass is 9.86. The molecule has 0 atom stereocenters. The first-order valence-corrected chi connectivity index (χ1v) is 11.1. The number of hydrogen-bond donors (Lipinski definition) is 1. The van der Waals surface area contributed by atoms with Crippen molar-refractivity contribution in [2.75, 3.05) is 7.11 Å². The smallest absolute Gasteiger partial charge is 0.248 e. The van der Waals surface area contributed by atoms with E-state index in [0.717, 1.165) is 11.1 Å². The maximum absolute atomic E-state index is 14.0. The van der Waals surface area contributed by atoms with E-state index in [4.69, 9.17) is 9.47 Å². The number of benzene rings is 1. The van der Waals surface area contributed by atoms with E-state index in [0.29, 0.717) is 40.5 Å². The maximum atomic E-state index is 14.0. The Morgan fingerprint density at radius 1 is 1.22 bits per heavy atom. The Labute approximate surface area is 192 Å². The summed E-state index contributed by atoms with van der Waals surface area (Å²) in [5, 5.41) is 0. The molecule has 1 aromatic carbocycles. The van der Waals surface area contributed by atoms with Gasteiger partial charge in [0.05, 0.1) is 7.11 Å². The number of H-pyrrole nitrogens is 1. The molecule has 0 spiro atoms. The van der Waals surface area contributed by atoms with E-state index in [1.165, 1.54) is 13.2 Å². The number of methoxy groups -OCH3 is 1. The van der Waals surface area contributed by atoms with Crippen LogP contribution in [0.1, 0.15) is 48.7 Å². The third-order valence-electron chi connectivity index (χ3n) is 5.64. The molecule has 0 unspecified atom stereocenters. The van der Waals surface area contributed by atoms with Crippen molar-refractivity contribution in [2.45, 2.75) is 51.1 Å². The van der Waals surface area contributed by atoms with Crippen LogP contribution in [0.5, 0.6) is 11.5 Å². The maximum Gasteiger partial charge on any atom is 0.248 e. The van der Waals surface area contributed by atoms with Gasteiger partial charge in [-0.05, 0) is 59.5 Å². The molecule has 170 valence electrons. The lowest BCUT2D eigenvalue weighted by Gasteiger charge is -2.26. The highest BCUT2D eigenvalue weighted by molar-refractivity contribution is 9.10. The van der Waals surface area contributed by atoms with Crippen LogP contribution in [-0.4, -0.2) is 28.0 Å². The highest BCUT2D eigenvalue weighted by Crippen LogP contribution is 2.42. The average Bonchev–Trinajstić information content (AvgIpc) is 3.14. The van der Waals surface area contributed by atoms with Crippen molar-refractivity contribution >= 4 is 15.9 Å². The molecule has 0 aliphatic heterocycles. The molecule has 9 heteroatoms. The van der Waals surface area contributed by atoms with Crippen LogP contribution in [0.25, 0.3) is 11.3 Å². The number of alkyl halides is 2. The van der Waals surface area contributed by atoms with E-state index in [1.807, 2.05) is 0 Å². The van der Waals surface area contributed by atoms with E-state index in [1.54, 1.807) is 31.3 Å². The van der Waals surface area contributed by atoms with E-state index >= 15 is 0 Å². The van der Waals surface area contributed by atoms with Crippen LogP contribution in [0.3, 0.4) is 0 Å². The highest BCUT2D eigenvalue weighted by atomic mass is 79.9. The molecular weight excluding hydrogens is 487 g/mol. The van der Waals surface area contributed by atoms with Gasteiger partial charge in [0.1, 0.15) is 45.7 Å². The van der Waals surface area contributed by atoms with Gasteiger partial charge in [-0.15, -0.1) is 0 Å². The second-order valence-corrected chi connectivity index (χ2v) is 8.80. The predicted octanol–water partition coefficient (Wildman–Crippen LogP) is 6.56. The Hall–Kier alpha value is -2.55. The van der Waals surface area contributed by atoms with Gasteiger partial charge in [0, 0.05) is 36.6 Å². The van der Waals surface area contributed by atoms with Crippen molar-refractivity contribution in [1.82, 2.24) is 15.0 Å². The number of aromatic nitrogens is 3. The van der Waals surface area contributed by atoms with Crippen molar-refractivity contribution in [3.8, 4) is 22.8 Å². The standard InChI is InChI=1S/C23H23BrF3N3O2/c1-13-9-17(25)18(28-11-13)12-32-15-3-4-16(19(10-15)31-2)20-21(24)30-22(29-20)14-5-7-23(26,27)8-6-14/h3-4,9-11,14H,5-8,12H2,1-2H3,(H,29,30). The molecule has 1 N–H and O–H groups in total. The number of aromatic amines is 1. The summed E-state index contributed by atoms with van der Waals surface area (Å²) in [7, 11) is 1.54. The number of pyridine rings is 1. The zero-order chi connectivity index (χ0) is 22.9. The minimum absolute atomic E-state index is 0.0167. The van der Waals surface area contributed by atoms with E-state index in [9.17, 15) is 13.2 Å². The molecule has 0 amide bonds. The number of rotatable bonds is 6. The molecule has 0 radical (unpaired) electrons. The molecule has 1 saturated carbocycles. The molecule has 0 saturated heterocycles. The molecule has 4 rings (SSSR count). The molecule has 0 bridgehead atoms. The molecule has 32 heavy (non-hydrogen) atoms. The summed E-state index contributed by atoms with van der Waals surface area (Å²) in [6.07, 6.45) is 2.11. The van der Waals surface area contributed by atoms with Crippen molar-refractivity contribution in [3.05, 3.63) is 58.0 Å². The quantitative estimate of drug-likeness (QED) is 0.408. The first-order valence-electron chi connectivity index (χ1n) is 10.3. The fourth-order valence-corrected chi connectivity index (χ4v) is 4.34. The van der Waals surface area contributed by atoms with E-state index < -0.39 is 11.7 Å². The number of imidazole rings is 1. The second kappa shape index (κ2) is 9.13. The first kappa shape index (κ1) is 22.6. The van der Waals surface area contributed by atoms with E-state index in [-0.39, 0.29) is 31.1 Å². The molecule has 2 heterocycles. The van der Waals surface area contributed by atoms with Gasteiger partial charge < -0.3 is 14.5 Å². The molecule has 1 fully saturated rings. The van der Waals surface area contributed by atoms with Crippen LogP contribution in [0.15, 0.2) is 35.1 Å². The average molecular weight is 510 g/mol. The van der Waals surface area contributed by atoms with Gasteiger partial charge in [-0.25, -0.2) is 18.2 Å². The molecule has 1 aliphatic rings. The van der Waals surface area contributed by atoms with Crippen LogP contribution in [-0.2, 0) is 6.61 Å². The zero-order valence-corrected chi connectivity index (χ0v) is 19.3. The Morgan fingerprint density at radius 2 is 1.97 bits per heavy atom. The fourth-order valence-electron chi connectivity index (χ4n) is 3.83. The summed E-state index contributed by atoms with van der Waals surface area (Å²) in [4.78, 5) is 11.9. The lowest BCUT2D eigenvalue weighted by Crippen LogP contribution is -2.24. The molecule has 1 aliphatic carbocycles. The highest BCUT2D eigenvalue weighted by Gasteiger charge is 2.36. The SMILES string of the molecule is COc1cc(OCc2ncc(C)cc2F)ccc1-c1nc(C2CCC(F)(F)CC2)[nH]c1Br. The van der Waals surface area contributed by atoms with Crippen LogP contribution < -0.4 is 9.47 Å². The van der Waals surface area contributed by atoms with Gasteiger partial charge in [0.2, 0.25) is 5.92 Å². The van der Waals surface area contributed by atoms with Gasteiger partial charge >= 0.3 is 0 Å². The third-order valence-corrected chi connectivity index (χ3v) is 6.21. The summed E-state index contributed by atoms with van der Waals surface area (Å²) in [5.41, 5.74) is 2.31. The number of nitrogens with one attached hydrogen (secondary N) is 1. The predicted molar refractivity (Wildman–Crippen MR) is 118 cm³/mol. The molecule has 5 nitrogen and oxygen atoms in total. The summed E-state index contributed by atoms with van der Waals surface area (Å²) >= 11 is 3.50. The Bertz CT molecular complexity index is 1110. The summed E-state index contributed by atoms with van der Waals surface area (Å²) in [6, 6.07) is 6.65. The summed E-state index contributed by atoms with van der Waals surface area (Å²) in [5.74, 6) is -1.33. The van der Waals surface area contributed by atoms with Crippen molar-refractivity contribution in [3.63, 3.8) is 0 Å². The summed E-state index contributed by atoms with van der Waals surface area (Å²) in [6.45, 7) is 1.75. The monoisotopic (exact) mass is 509 g/mol. The number of nitrogens with zero attached hydrogens (tertiary/aromatic N) is 2. The van der Waals surface area contributed by atoms with Crippen molar-refractivity contribution in [2.24, 2.45) is 0 Å². The minimum atomic E-state index is -2.58. The minimum Gasteiger partial charge on any atom is -0.496 e. The Kier molecular flexibility index (Phi) is 6.46. The second-order valence-electron chi connectivity index (χ2n) is 8.01. The molecule has 3 aromatic rings. The summed E-state index contributed by atoms with van der Waals surface area (Å²) < 4.78 is 52.9. The van der Waals surface area contributed by atoms with Crippen molar-refractivity contribution < 1.29 is 22.6 Å². The van der Waals surface area contributed by atoms with Crippen LogP contribution >= 0.6 is 15.9 Å². The normalized spacial score (nSPS) is 16.2.